The summed E-state index contributed by atoms with van der Waals surface area (Å²) in [6.07, 6.45) is 11.7. The number of nitrogens with one attached hydrogen (secondary N) is 1. The molecule has 1 heterocycles. The topological polar surface area (TPSA) is 30.5 Å². The van der Waals surface area contributed by atoms with E-state index in [1.807, 2.05) is 7.11 Å². The van der Waals surface area contributed by atoms with Crippen LogP contribution in [0.5, 0.6) is 0 Å². The molecule has 0 aromatic carbocycles. The Balaban J connectivity index is 1.72. The first-order valence-corrected chi connectivity index (χ1v) is 7.70. The third kappa shape index (κ3) is 2.45. The smallest absolute Gasteiger partial charge is 0.0839 e. The van der Waals surface area contributed by atoms with E-state index in [4.69, 9.17) is 9.47 Å². The number of morpholine rings is 1. The van der Waals surface area contributed by atoms with Gasteiger partial charge in [-0.1, -0.05) is 19.3 Å². The van der Waals surface area contributed by atoms with Crippen LogP contribution < -0.4 is 5.32 Å². The van der Waals surface area contributed by atoms with E-state index in [0.29, 0.717) is 6.10 Å². The summed E-state index contributed by atoms with van der Waals surface area (Å²) in [6.45, 7) is 2.08. The van der Waals surface area contributed by atoms with Gasteiger partial charge in [0.15, 0.2) is 0 Å². The summed E-state index contributed by atoms with van der Waals surface area (Å²) in [6, 6.07) is 0. The van der Waals surface area contributed by atoms with Crippen LogP contribution in [-0.4, -0.2) is 37.5 Å². The molecule has 1 saturated heterocycles. The second-order valence-electron chi connectivity index (χ2n) is 6.59. The molecule has 18 heavy (non-hydrogen) atoms. The highest BCUT2D eigenvalue weighted by Gasteiger charge is 2.48. The van der Waals surface area contributed by atoms with Crippen molar-refractivity contribution in [3.8, 4) is 0 Å². The van der Waals surface area contributed by atoms with Crippen molar-refractivity contribution in [2.45, 2.75) is 75.1 Å². The number of ether oxygens (including phenoxy) is 2. The third-order valence-corrected chi connectivity index (χ3v) is 5.18. The van der Waals surface area contributed by atoms with Gasteiger partial charge in [0.1, 0.15) is 0 Å². The lowest BCUT2D eigenvalue weighted by Crippen LogP contribution is -2.62. The first-order chi connectivity index (χ1) is 8.76. The Morgan fingerprint density at radius 1 is 1.00 bits per heavy atom. The van der Waals surface area contributed by atoms with Crippen molar-refractivity contribution < 1.29 is 9.47 Å². The van der Waals surface area contributed by atoms with Crippen molar-refractivity contribution in [3.63, 3.8) is 0 Å². The molecule has 0 radical (unpaired) electrons. The first-order valence-electron chi connectivity index (χ1n) is 7.70. The Labute approximate surface area is 111 Å². The van der Waals surface area contributed by atoms with Crippen molar-refractivity contribution in [3.05, 3.63) is 0 Å². The van der Waals surface area contributed by atoms with Gasteiger partial charge >= 0.3 is 0 Å². The molecule has 0 aromatic heterocycles. The maximum Gasteiger partial charge on any atom is 0.0839 e. The number of hydrogen-bond acceptors (Lipinski definition) is 3. The second kappa shape index (κ2) is 5.10. The molecule has 2 aliphatic carbocycles. The highest BCUT2D eigenvalue weighted by molar-refractivity contribution is 5.00. The molecular formula is C15H27NO2. The Morgan fingerprint density at radius 3 is 2.50 bits per heavy atom. The van der Waals surface area contributed by atoms with Gasteiger partial charge in [-0.05, 0) is 32.1 Å². The standard InChI is InChI=1S/C15H27NO2/c1-17-13-6-5-9-15(10-13)12-16-11-14(18-15)7-3-2-4-8-14/h13,16H,2-12H2,1H3. The number of hydrogen-bond donors (Lipinski definition) is 1. The highest BCUT2D eigenvalue weighted by atomic mass is 16.5. The van der Waals surface area contributed by atoms with Crippen LogP contribution in [0.4, 0.5) is 0 Å². The van der Waals surface area contributed by atoms with E-state index in [1.54, 1.807) is 0 Å². The minimum atomic E-state index is 0.0640. The normalized spacial score (nSPS) is 40.2. The highest BCUT2D eigenvalue weighted by Crippen LogP contribution is 2.43. The maximum absolute atomic E-state index is 6.73. The second-order valence-corrected chi connectivity index (χ2v) is 6.59. The van der Waals surface area contributed by atoms with Crippen LogP contribution in [-0.2, 0) is 9.47 Å². The molecule has 2 saturated carbocycles. The molecule has 3 heteroatoms. The van der Waals surface area contributed by atoms with Crippen LogP contribution in [0, 0.1) is 0 Å². The lowest BCUT2D eigenvalue weighted by atomic mass is 9.77. The molecule has 0 bridgehead atoms. The van der Waals surface area contributed by atoms with Gasteiger partial charge in [0.05, 0.1) is 17.3 Å². The SMILES string of the molecule is COC1CCCC2(CNCC3(CCCCC3)O2)C1. The average molecular weight is 253 g/mol. The van der Waals surface area contributed by atoms with Crippen molar-refractivity contribution in [1.29, 1.82) is 0 Å². The zero-order valence-electron chi connectivity index (χ0n) is 11.7. The quantitative estimate of drug-likeness (QED) is 0.779. The monoisotopic (exact) mass is 253 g/mol. The first kappa shape index (κ1) is 12.9. The van der Waals surface area contributed by atoms with E-state index in [9.17, 15) is 0 Å². The molecule has 3 fully saturated rings. The Kier molecular flexibility index (Phi) is 3.65. The summed E-state index contributed by atoms with van der Waals surface area (Å²) in [4.78, 5) is 0. The van der Waals surface area contributed by atoms with Crippen LogP contribution in [0.1, 0.15) is 57.8 Å². The largest absolute Gasteiger partial charge is 0.381 e. The lowest BCUT2D eigenvalue weighted by Gasteiger charge is -2.52. The van der Waals surface area contributed by atoms with E-state index in [0.717, 1.165) is 19.5 Å². The van der Waals surface area contributed by atoms with Crippen LogP contribution in [0.2, 0.25) is 0 Å². The molecule has 3 aliphatic rings. The summed E-state index contributed by atoms with van der Waals surface area (Å²) in [5, 5.41) is 3.67. The Bertz CT molecular complexity index is 279. The average Bonchev–Trinajstić information content (AvgIpc) is 2.39. The van der Waals surface area contributed by atoms with Crippen molar-refractivity contribution >= 4 is 0 Å². The predicted octanol–water partition coefficient (Wildman–Crippen LogP) is 2.64. The van der Waals surface area contributed by atoms with Crippen LogP contribution >= 0.6 is 0 Å². The molecule has 0 aromatic rings. The van der Waals surface area contributed by atoms with Crippen molar-refractivity contribution in [2.24, 2.45) is 0 Å². The summed E-state index contributed by atoms with van der Waals surface area (Å²) < 4.78 is 12.3. The molecule has 1 N–H and O–H groups in total. The van der Waals surface area contributed by atoms with E-state index < -0.39 is 0 Å². The minimum Gasteiger partial charge on any atom is -0.381 e. The summed E-state index contributed by atoms with van der Waals surface area (Å²) in [5.74, 6) is 0. The molecule has 104 valence electrons. The van der Waals surface area contributed by atoms with Gasteiger partial charge in [-0.2, -0.15) is 0 Å². The fraction of sp³-hybridized carbons (Fsp3) is 1.00. The molecular weight excluding hydrogens is 226 g/mol. The van der Waals surface area contributed by atoms with E-state index in [1.165, 1.54) is 51.4 Å². The molecule has 2 spiro atoms. The van der Waals surface area contributed by atoms with Gasteiger partial charge in [-0.3, -0.25) is 0 Å². The summed E-state index contributed by atoms with van der Waals surface area (Å²) >= 11 is 0. The van der Waals surface area contributed by atoms with Crippen molar-refractivity contribution in [1.82, 2.24) is 5.32 Å². The van der Waals surface area contributed by atoms with Gasteiger partial charge < -0.3 is 14.8 Å². The lowest BCUT2D eigenvalue weighted by molar-refractivity contribution is -0.214. The number of rotatable bonds is 1. The third-order valence-electron chi connectivity index (χ3n) is 5.18. The van der Waals surface area contributed by atoms with E-state index >= 15 is 0 Å². The zero-order valence-corrected chi connectivity index (χ0v) is 11.7. The molecule has 3 rings (SSSR count). The van der Waals surface area contributed by atoms with Gasteiger partial charge in [0, 0.05) is 26.6 Å². The molecule has 1 aliphatic heterocycles. The number of methoxy groups -OCH3 is 1. The Morgan fingerprint density at radius 2 is 1.72 bits per heavy atom. The van der Waals surface area contributed by atoms with E-state index in [-0.39, 0.29) is 11.2 Å². The Hall–Kier alpha value is -0.120. The molecule has 2 unspecified atom stereocenters. The van der Waals surface area contributed by atoms with Crippen molar-refractivity contribution in [2.75, 3.05) is 20.2 Å². The van der Waals surface area contributed by atoms with Gasteiger partial charge in [-0.25, -0.2) is 0 Å². The minimum absolute atomic E-state index is 0.0640. The fourth-order valence-electron chi connectivity index (χ4n) is 4.25. The zero-order chi connectivity index (χ0) is 12.5. The van der Waals surface area contributed by atoms with Crippen LogP contribution in [0.15, 0.2) is 0 Å². The van der Waals surface area contributed by atoms with Gasteiger partial charge in [0.2, 0.25) is 0 Å². The fourth-order valence-corrected chi connectivity index (χ4v) is 4.25. The molecule has 0 amide bonds. The molecule has 2 atom stereocenters. The maximum atomic E-state index is 6.73. The van der Waals surface area contributed by atoms with Crippen LogP contribution in [0.25, 0.3) is 0 Å². The predicted molar refractivity (Wildman–Crippen MR) is 71.8 cm³/mol. The van der Waals surface area contributed by atoms with Gasteiger partial charge in [0.25, 0.3) is 0 Å². The summed E-state index contributed by atoms with van der Waals surface area (Å²) in [7, 11) is 1.84. The van der Waals surface area contributed by atoms with Crippen LogP contribution in [0.3, 0.4) is 0 Å². The van der Waals surface area contributed by atoms with E-state index in [2.05, 4.69) is 5.32 Å². The summed E-state index contributed by atoms with van der Waals surface area (Å²) in [5.41, 5.74) is 0.209. The van der Waals surface area contributed by atoms with Gasteiger partial charge in [-0.15, -0.1) is 0 Å². The molecule has 3 nitrogen and oxygen atoms in total.